The highest BCUT2D eigenvalue weighted by Crippen LogP contribution is 2.24. The minimum absolute atomic E-state index is 0.143. The minimum Gasteiger partial charge on any atom is -0.353 e. The first-order chi connectivity index (χ1) is 9.81. The average molecular weight is 283 g/mol. The molecule has 1 N–H and O–H groups in total. The standard InChI is InChI=1S/C17H17NOS/c19-17(18-15-8-9-15)12-20-16-10-6-14(7-11-16)13-4-2-1-3-5-13/h1-7,10-11,15H,8-9,12H2,(H,18,19). The first kappa shape index (κ1) is 13.3. The Kier molecular flexibility index (Phi) is 4.07. The van der Waals surface area contributed by atoms with Crippen molar-refractivity contribution < 1.29 is 4.79 Å². The number of hydrogen-bond acceptors (Lipinski definition) is 2. The molecule has 2 aromatic carbocycles. The van der Waals surface area contributed by atoms with Crippen LogP contribution in [0.25, 0.3) is 11.1 Å². The van der Waals surface area contributed by atoms with E-state index in [1.165, 1.54) is 11.1 Å². The van der Waals surface area contributed by atoms with E-state index >= 15 is 0 Å². The molecule has 1 aliphatic carbocycles. The molecule has 3 rings (SSSR count). The molecule has 0 aromatic heterocycles. The van der Waals surface area contributed by atoms with Crippen molar-refractivity contribution in [3.8, 4) is 11.1 Å². The molecule has 0 spiro atoms. The van der Waals surface area contributed by atoms with Crippen LogP contribution in [0, 0.1) is 0 Å². The normalized spacial score (nSPS) is 14.0. The van der Waals surface area contributed by atoms with Crippen LogP contribution in [-0.4, -0.2) is 17.7 Å². The first-order valence-electron chi connectivity index (χ1n) is 6.89. The molecule has 1 aliphatic rings. The molecular formula is C17H17NOS. The minimum atomic E-state index is 0.143. The Morgan fingerprint density at radius 2 is 1.65 bits per heavy atom. The summed E-state index contributed by atoms with van der Waals surface area (Å²) in [6, 6.07) is 19.1. The van der Waals surface area contributed by atoms with Crippen LogP contribution in [0.5, 0.6) is 0 Å². The highest BCUT2D eigenvalue weighted by molar-refractivity contribution is 8.00. The number of carbonyl (C=O) groups is 1. The highest BCUT2D eigenvalue weighted by atomic mass is 32.2. The van der Waals surface area contributed by atoms with E-state index in [1.54, 1.807) is 11.8 Å². The van der Waals surface area contributed by atoms with E-state index in [-0.39, 0.29) is 5.91 Å². The van der Waals surface area contributed by atoms with Gasteiger partial charge in [-0.3, -0.25) is 4.79 Å². The Hall–Kier alpha value is -1.74. The molecule has 1 saturated carbocycles. The van der Waals surface area contributed by atoms with Gasteiger partial charge in [0, 0.05) is 10.9 Å². The van der Waals surface area contributed by atoms with E-state index < -0.39 is 0 Å². The van der Waals surface area contributed by atoms with Crippen LogP contribution in [0.15, 0.2) is 59.5 Å². The van der Waals surface area contributed by atoms with Crippen molar-refractivity contribution in [1.29, 1.82) is 0 Å². The van der Waals surface area contributed by atoms with Gasteiger partial charge in [-0.2, -0.15) is 0 Å². The summed E-state index contributed by atoms with van der Waals surface area (Å²) in [5, 5.41) is 3.00. The van der Waals surface area contributed by atoms with Gasteiger partial charge in [-0.25, -0.2) is 0 Å². The van der Waals surface area contributed by atoms with Gasteiger partial charge in [0.15, 0.2) is 0 Å². The van der Waals surface area contributed by atoms with E-state index in [0.29, 0.717) is 11.8 Å². The average Bonchev–Trinajstić information content (AvgIpc) is 3.31. The second-order valence-electron chi connectivity index (χ2n) is 5.02. The van der Waals surface area contributed by atoms with Crippen LogP contribution < -0.4 is 5.32 Å². The van der Waals surface area contributed by atoms with Gasteiger partial charge in [0.1, 0.15) is 0 Å². The molecular weight excluding hydrogens is 266 g/mol. The SMILES string of the molecule is O=C(CSc1ccc(-c2ccccc2)cc1)NC1CC1. The third-order valence-electron chi connectivity index (χ3n) is 3.27. The number of hydrogen-bond donors (Lipinski definition) is 1. The summed E-state index contributed by atoms with van der Waals surface area (Å²) >= 11 is 1.59. The summed E-state index contributed by atoms with van der Waals surface area (Å²) < 4.78 is 0. The van der Waals surface area contributed by atoms with Crippen LogP contribution in [0.3, 0.4) is 0 Å². The Morgan fingerprint density at radius 3 is 2.30 bits per heavy atom. The van der Waals surface area contributed by atoms with Gasteiger partial charge in [0.2, 0.25) is 5.91 Å². The Balaban J connectivity index is 1.57. The van der Waals surface area contributed by atoms with Crippen molar-refractivity contribution in [3.05, 3.63) is 54.6 Å². The van der Waals surface area contributed by atoms with Crippen molar-refractivity contribution >= 4 is 17.7 Å². The van der Waals surface area contributed by atoms with Crippen LogP contribution in [0.1, 0.15) is 12.8 Å². The summed E-state index contributed by atoms with van der Waals surface area (Å²) in [7, 11) is 0. The van der Waals surface area contributed by atoms with Crippen LogP contribution in [0.2, 0.25) is 0 Å². The quantitative estimate of drug-likeness (QED) is 0.847. The van der Waals surface area contributed by atoms with Gasteiger partial charge in [0.05, 0.1) is 5.75 Å². The topological polar surface area (TPSA) is 29.1 Å². The molecule has 0 unspecified atom stereocenters. The summed E-state index contributed by atoms with van der Waals surface area (Å²) in [6.45, 7) is 0. The van der Waals surface area contributed by atoms with Crippen LogP contribution >= 0.6 is 11.8 Å². The van der Waals surface area contributed by atoms with Crippen LogP contribution in [0.4, 0.5) is 0 Å². The van der Waals surface area contributed by atoms with Crippen LogP contribution in [-0.2, 0) is 4.79 Å². The lowest BCUT2D eigenvalue weighted by atomic mass is 10.1. The zero-order valence-electron chi connectivity index (χ0n) is 11.2. The summed E-state index contributed by atoms with van der Waals surface area (Å²) in [4.78, 5) is 12.8. The smallest absolute Gasteiger partial charge is 0.230 e. The lowest BCUT2D eigenvalue weighted by Crippen LogP contribution is -2.26. The van der Waals surface area contributed by atoms with Gasteiger partial charge in [-0.1, -0.05) is 42.5 Å². The maximum atomic E-state index is 11.6. The van der Waals surface area contributed by atoms with E-state index in [1.807, 2.05) is 18.2 Å². The van der Waals surface area contributed by atoms with Crippen molar-refractivity contribution in [2.24, 2.45) is 0 Å². The Bertz CT molecular complexity index is 576. The van der Waals surface area contributed by atoms with Crippen molar-refractivity contribution in [2.45, 2.75) is 23.8 Å². The Labute approximate surface area is 123 Å². The number of benzene rings is 2. The summed E-state index contributed by atoms with van der Waals surface area (Å²) in [5.74, 6) is 0.644. The van der Waals surface area contributed by atoms with Crippen molar-refractivity contribution in [3.63, 3.8) is 0 Å². The van der Waals surface area contributed by atoms with E-state index in [4.69, 9.17) is 0 Å². The molecule has 1 amide bonds. The molecule has 0 atom stereocenters. The molecule has 0 aliphatic heterocycles. The van der Waals surface area contributed by atoms with Gasteiger partial charge in [-0.15, -0.1) is 11.8 Å². The molecule has 0 bridgehead atoms. The molecule has 20 heavy (non-hydrogen) atoms. The maximum absolute atomic E-state index is 11.6. The third kappa shape index (κ3) is 3.64. The molecule has 2 nitrogen and oxygen atoms in total. The lowest BCUT2D eigenvalue weighted by molar-refractivity contribution is -0.118. The molecule has 2 aromatic rings. The van der Waals surface area contributed by atoms with E-state index in [2.05, 4.69) is 41.7 Å². The predicted molar refractivity (Wildman–Crippen MR) is 83.8 cm³/mol. The molecule has 0 radical (unpaired) electrons. The zero-order valence-corrected chi connectivity index (χ0v) is 12.0. The third-order valence-corrected chi connectivity index (χ3v) is 4.29. The van der Waals surface area contributed by atoms with Gasteiger partial charge in [0.25, 0.3) is 0 Å². The molecule has 0 heterocycles. The Morgan fingerprint density at radius 1 is 1.00 bits per heavy atom. The molecule has 3 heteroatoms. The zero-order chi connectivity index (χ0) is 13.8. The number of carbonyl (C=O) groups excluding carboxylic acids is 1. The molecule has 102 valence electrons. The number of thioether (sulfide) groups is 1. The lowest BCUT2D eigenvalue weighted by Gasteiger charge is -2.05. The van der Waals surface area contributed by atoms with Crippen molar-refractivity contribution in [2.75, 3.05) is 5.75 Å². The number of amides is 1. The maximum Gasteiger partial charge on any atom is 0.230 e. The fourth-order valence-corrected chi connectivity index (χ4v) is 2.73. The van der Waals surface area contributed by atoms with E-state index in [9.17, 15) is 4.79 Å². The monoisotopic (exact) mass is 283 g/mol. The molecule has 0 saturated heterocycles. The van der Waals surface area contributed by atoms with Crippen molar-refractivity contribution in [1.82, 2.24) is 5.32 Å². The number of nitrogens with one attached hydrogen (secondary N) is 1. The first-order valence-corrected chi connectivity index (χ1v) is 7.87. The van der Waals surface area contributed by atoms with E-state index in [0.717, 1.165) is 17.7 Å². The van der Waals surface area contributed by atoms with Gasteiger partial charge >= 0.3 is 0 Å². The number of rotatable bonds is 5. The fourth-order valence-electron chi connectivity index (χ4n) is 2.02. The fraction of sp³-hybridized carbons (Fsp3) is 0.235. The summed E-state index contributed by atoms with van der Waals surface area (Å²) in [6.07, 6.45) is 2.28. The summed E-state index contributed by atoms with van der Waals surface area (Å²) in [5.41, 5.74) is 2.42. The second-order valence-corrected chi connectivity index (χ2v) is 6.07. The highest BCUT2D eigenvalue weighted by Gasteiger charge is 2.22. The predicted octanol–water partition coefficient (Wildman–Crippen LogP) is 3.72. The largest absolute Gasteiger partial charge is 0.353 e. The van der Waals surface area contributed by atoms with Gasteiger partial charge in [-0.05, 0) is 36.1 Å². The van der Waals surface area contributed by atoms with Gasteiger partial charge < -0.3 is 5.32 Å². The second kappa shape index (κ2) is 6.14. The molecule has 1 fully saturated rings.